The van der Waals surface area contributed by atoms with E-state index in [1.165, 1.54) is 0 Å². The number of aliphatic hydroxyl groups is 1. The molecule has 0 bridgehead atoms. The Morgan fingerprint density at radius 3 is 3.21 bits per heavy atom. The highest BCUT2D eigenvalue weighted by atomic mass is 32.1. The number of aliphatic hydroxyl groups excluding tert-OH is 1. The number of hydrogen-bond acceptors (Lipinski definition) is 4. The zero-order valence-electron chi connectivity index (χ0n) is 8.22. The minimum absolute atomic E-state index is 0.0765. The maximum atomic E-state index is 10.0. The highest BCUT2D eigenvalue weighted by Crippen LogP contribution is 2.25. The van der Waals surface area contributed by atoms with Crippen LogP contribution in [-0.2, 0) is 4.74 Å². The predicted octanol–water partition coefficient (Wildman–Crippen LogP) is 1.11. The van der Waals surface area contributed by atoms with Crippen molar-refractivity contribution in [2.75, 3.05) is 26.7 Å². The van der Waals surface area contributed by atoms with Crippen LogP contribution in [0.1, 0.15) is 11.0 Å². The van der Waals surface area contributed by atoms with E-state index in [1.807, 2.05) is 17.5 Å². The number of morpholine rings is 1. The average Bonchev–Trinajstić information content (AvgIpc) is 2.69. The molecule has 14 heavy (non-hydrogen) atoms. The molecule has 0 saturated carbocycles. The number of ether oxygens (including phenoxy) is 1. The molecule has 0 spiro atoms. The third kappa shape index (κ3) is 2.15. The smallest absolute Gasteiger partial charge is 0.115 e. The van der Waals surface area contributed by atoms with Crippen molar-refractivity contribution in [2.45, 2.75) is 12.2 Å². The summed E-state index contributed by atoms with van der Waals surface area (Å²) in [5.74, 6) is 0. The van der Waals surface area contributed by atoms with E-state index in [0.717, 1.165) is 18.0 Å². The van der Waals surface area contributed by atoms with Gasteiger partial charge in [0.2, 0.25) is 0 Å². The molecule has 0 amide bonds. The highest BCUT2D eigenvalue weighted by molar-refractivity contribution is 7.10. The number of hydrogen-bond donors (Lipinski definition) is 1. The van der Waals surface area contributed by atoms with E-state index in [1.54, 1.807) is 11.3 Å². The van der Waals surface area contributed by atoms with Gasteiger partial charge in [-0.15, -0.1) is 11.3 Å². The second-order valence-corrected chi connectivity index (χ2v) is 4.61. The Morgan fingerprint density at radius 2 is 2.57 bits per heavy atom. The molecule has 2 heterocycles. The van der Waals surface area contributed by atoms with Crippen LogP contribution in [0.15, 0.2) is 17.5 Å². The first-order valence-corrected chi connectivity index (χ1v) is 5.67. The Morgan fingerprint density at radius 1 is 1.71 bits per heavy atom. The standard InChI is InChI=1S/C10H15NO2S/c1-11-4-5-13-8(7-11)10(12)9-3-2-6-14-9/h2-3,6,8,10,12H,4-5,7H2,1H3. The van der Waals surface area contributed by atoms with Gasteiger partial charge in [0.05, 0.1) is 6.61 Å². The maximum absolute atomic E-state index is 10.0. The number of nitrogens with zero attached hydrogens (tertiary/aromatic N) is 1. The molecule has 1 saturated heterocycles. The Bertz CT molecular complexity index is 276. The first kappa shape index (κ1) is 10.1. The van der Waals surface area contributed by atoms with Gasteiger partial charge >= 0.3 is 0 Å². The molecule has 78 valence electrons. The summed E-state index contributed by atoms with van der Waals surface area (Å²) in [5.41, 5.74) is 0. The molecular formula is C10H15NO2S. The van der Waals surface area contributed by atoms with Crippen molar-refractivity contribution in [3.05, 3.63) is 22.4 Å². The lowest BCUT2D eigenvalue weighted by Crippen LogP contribution is -2.42. The van der Waals surface area contributed by atoms with Gasteiger partial charge in [0.15, 0.2) is 0 Å². The van der Waals surface area contributed by atoms with Crippen LogP contribution in [0.25, 0.3) is 0 Å². The summed E-state index contributed by atoms with van der Waals surface area (Å²) >= 11 is 1.58. The van der Waals surface area contributed by atoms with E-state index in [2.05, 4.69) is 11.9 Å². The van der Waals surface area contributed by atoms with Gasteiger partial charge in [-0.25, -0.2) is 0 Å². The van der Waals surface area contributed by atoms with Crippen molar-refractivity contribution in [3.63, 3.8) is 0 Å². The summed E-state index contributed by atoms with van der Waals surface area (Å²) in [6.45, 7) is 2.47. The number of likely N-dealkylation sites (N-methyl/N-ethyl adjacent to an activating group) is 1. The number of rotatable bonds is 2. The SMILES string of the molecule is CN1CCOC(C(O)c2cccs2)C1. The summed E-state index contributed by atoms with van der Waals surface area (Å²) in [6.07, 6.45) is -0.551. The van der Waals surface area contributed by atoms with Crippen molar-refractivity contribution in [2.24, 2.45) is 0 Å². The fourth-order valence-corrected chi connectivity index (χ4v) is 2.41. The molecule has 2 rings (SSSR count). The predicted molar refractivity (Wildman–Crippen MR) is 56.5 cm³/mol. The van der Waals surface area contributed by atoms with Crippen LogP contribution in [0.5, 0.6) is 0 Å². The van der Waals surface area contributed by atoms with E-state index in [4.69, 9.17) is 4.74 Å². The average molecular weight is 213 g/mol. The van der Waals surface area contributed by atoms with Gasteiger partial charge in [-0.05, 0) is 18.5 Å². The molecule has 0 aromatic carbocycles. The lowest BCUT2D eigenvalue weighted by Gasteiger charge is -2.32. The van der Waals surface area contributed by atoms with Crippen molar-refractivity contribution < 1.29 is 9.84 Å². The van der Waals surface area contributed by atoms with Gasteiger partial charge in [0.1, 0.15) is 12.2 Å². The minimum atomic E-state index is -0.474. The van der Waals surface area contributed by atoms with E-state index in [0.29, 0.717) is 6.61 Å². The van der Waals surface area contributed by atoms with Gasteiger partial charge in [0, 0.05) is 18.0 Å². The van der Waals surface area contributed by atoms with Crippen LogP contribution in [0.3, 0.4) is 0 Å². The minimum Gasteiger partial charge on any atom is -0.385 e. The Balaban J connectivity index is 2.00. The van der Waals surface area contributed by atoms with Crippen LogP contribution in [0.4, 0.5) is 0 Å². The Hall–Kier alpha value is -0.420. The van der Waals surface area contributed by atoms with E-state index in [9.17, 15) is 5.11 Å². The Labute approximate surface area is 87.9 Å². The first-order valence-electron chi connectivity index (χ1n) is 4.79. The molecule has 0 aliphatic carbocycles. The van der Waals surface area contributed by atoms with Gasteiger partial charge in [0.25, 0.3) is 0 Å². The normalized spacial score (nSPS) is 26.3. The molecule has 1 aliphatic rings. The summed E-state index contributed by atoms with van der Waals surface area (Å²) in [6, 6.07) is 3.91. The van der Waals surface area contributed by atoms with Gasteiger partial charge in [-0.1, -0.05) is 6.07 Å². The highest BCUT2D eigenvalue weighted by Gasteiger charge is 2.26. The summed E-state index contributed by atoms with van der Waals surface area (Å²) in [5, 5.41) is 12.0. The van der Waals surface area contributed by atoms with Gasteiger partial charge in [-0.3, -0.25) is 0 Å². The number of thiophene rings is 1. The molecule has 2 unspecified atom stereocenters. The lowest BCUT2D eigenvalue weighted by atomic mass is 10.1. The molecule has 1 aliphatic heterocycles. The quantitative estimate of drug-likeness (QED) is 0.799. The monoisotopic (exact) mass is 213 g/mol. The summed E-state index contributed by atoms with van der Waals surface area (Å²) in [7, 11) is 2.05. The molecule has 2 atom stereocenters. The molecule has 1 fully saturated rings. The van der Waals surface area contributed by atoms with Crippen LogP contribution >= 0.6 is 11.3 Å². The third-order valence-corrected chi connectivity index (χ3v) is 3.43. The molecule has 1 aromatic rings. The molecule has 3 nitrogen and oxygen atoms in total. The molecule has 1 aromatic heterocycles. The fourth-order valence-electron chi connectivity index (χ4n) is 1.64. The van der Waals surface area contributed by atoms with Crippen LogP contribution in [0.2, 0.25) is 0 Å². The molecule has 1 N–H and O–H groups in total. The van der Waals surface area contributed by atoms with E-state index in [-0.39, 0.29) is 6.10 Å². The van der Waals surface area contributed by atoms with E-state index < -0.39 is 6.10 Å². The van der Waals surface area contributed by atoms with Crippen molar-refractivity contribution in [1.82, 2.24) is 4.90 Å². The molecule has 0 radical (unpaired) electrons. The molecule has 4 heteroatoms. The Kier molecular flexibility index (Phi) is 3.18. The summed E-state index contributed by atoms with van der Waals surface area (Å²) in [4.78, 5) is 3.18. The third-order valence-electron chi connectivity index (χ3n) is 2.48. The second-order valence-electron chi connectivity index (χ2n) is 3.63. The van der Waals surface area contributed by atoms with Crippen LogP contribution < -0.4 is 0 Å². The van der Waals surface area contributed by atoms with Crippen molar-refractivity contribution in [1.29, 1.82) is 0 Å². The maximum Gasteiger partial charge on any atom is 0.115 e. The molecular weight excluding hydrogens is 198 g/mol. The van der Waals surface area contributed by atoms with Crippen molar-refractivity contribution in [3.8, 4) is 0 Å². The summed E-state index contributed by atoms with van der Waals surface area (Å²) < 4.78 is 5.55. The van der Waals surface area contributed by atoms with Crippen molar-refractivity contribution >= 4 is 11.3 Å². The van der Waals surface area contributed by atoms with Crippen LogP contribution in [-0.4, -0.2) is 42.9 Å². The first-order chi connectivity index (χ1) is 6.77. The fraction of sp³-hybridized carbons (Fsp3) is 0.600. The largest absolute Gasteiger partial charge is 0.385 e. The van der Waals surface area contributed by atoms with Crippen LogP contribution in [0, 0.1) is 0 Å². The topological polar surface area (TPSA) is 32.7 Å². The van der Waals surface area contributed by atoms with Gasteiger partial charge < -0.3 is 14.7 Å². The zero-order chi connectivity index (χ0) is 9.97. The lowest BCUT2D eigenvalue weighted by molar-refractivity contribution is -0.0833. The van der Waals surface area contributed by atoms with Gasteiger partial charge in [-0.2, -0.15) is 0 Å². The zero-order valence-corrected chi connectivity index (χ0v) is 9.04. The second kappa shape index (κ2) is 4.40. The van der Waals surface area contributed by atoms with E-state index >= 15 is 0 Å².